The van der Waals surface area contributed by atoms with Crippen molar-refractivity contribution in [3.05, 3.63) is 28.2 Å². The minimum absolute atomic E-state index is 0.121. The van der Waals surface area contributed by atoms with E-state index in [4.69, 9.17) is 5.11 Å². The monoisotopic (exact) mass is 343 g/mol. The van der Waals surface area contributed by atoms with Crippen LogP contribution < -0.4 is 10.6 Å². The van der Waals surface area contributed by atoms with E-state index in [1.165, 1.54) is 12.1 Å². The summed E-state index contributed by atoms with van der Waals surface area (Å²) in [6.45, 7) is 1.44. The number of nitrogens with zero attached hydrogens (tertiary/aromatic N) is 1. The van der Waals surface area contributed by atoms with Crippen molar-refractivity contribution in [2.75, 3.05) is 32.5 Å². The molecular weight excluding hydrogens is 326 g/mol. The molecule has 3 N–H and O–H groups in total. The van der Waals surface area contributed by atoms with Gasteiger partial charge in [0.2, 0.25) is 0 Å². The molecule has 2 amide bonds. The number of anilines is 1. The standard InChI is InChI=1S/C13H18BrN3O3/c1-17(2)7-3-6-15-13(20)16-11-8-9(12(18)19)4-5-10(11)14/h4-5,8H,3,6-7H2,1-2H3,(H,18,19)(H2,15,16,20). The molecule has 0 radical (unpaired) electrons. The molecule has 0 saturated carbocycles. The predicted molar refractivity (Wildman–Crippen MR) is 81.3 cm³/mol. The van der Waals surface area contributed by atoms with E-state index >= 15 is 0 Å². The van der Waals surface area contributed by atoms with Crippen LogP contribution in [-0.4, -0.2) is 49.2 Å². The maximum atomic E-state index is 11.7. The summed E-state index contributed by atoms with van der Waals surface area (Å²) in [4.78, 5) is 24.6. The van der Waals surface area contributed by atoms with E-state index in [0.717, 1.165) is 13.0 Å². The molecule has 0 bridgehead atoms. The Morgan fingerprint density at radius 2 is 2.05 bits per heavy atom. The molecule has 1 aromatic carbocycles. The molecule has 0 saturated heterocycles. The maximum absolute atomic E-state index is 11.7. The maximum Gasteiger partial charge on any atom is 0.335 e. The normalized spacial score (nSPS) is 10.4. The molecule has 0 aliphatic rings. The fourth-order valence-corrected chi connectivity index (χ4v) is 1.86. The van der Waals surface area contributed by atoms with Crippen molar-refractivity contribution in [2.24, 2.45) is 0 Å². The summed E-state index contributed by atoms with van der Waals surface area (Å²) in [7, 11) is 3.93. The van der Waals surface area contributed by atoms with E-state index in [0.29, 0.717) is 16.7 Å². The van der Waals surface area contributed by atoms with Gasteiger partial charge in [-0.2, -0.15) is 0 Å². The van der Waals surface area contributed by atoms with Gasteiger partial charge in [0, 0.05) is 11.0 Å². The highest BCUT2D eigenvalue weighted by molar-refractivity contribution is 9.10. The van der Waals surface area contributed by atoms with E-state index in [2.05, 4.69) is 26.6 Å². The fraction of sp³-hybridized carbons (Fsp3) is 0.385. The van der Waals surface area contributed by atoms with Gasteiger partial charge in [-0.05, 0) is 61.2 Å². The molecule has 1 rings (SSSR count). The Kier molecular flexibility index (Phi) is 6.47. The van der Waals surface area contributed by atoms with Gasteiger partial charge in [-0.15, -0.1) is 0 Å². The van der Waals surface area contributed by atoms with Gasteiger partial charge in [0.15, 0.2) is 0 Å². The Labute approximate surface area is 126 Å². The molecule has 110 valence electrons. The predicted octanol–water partition coefficient (Wildman–Crippen LogP) is 2.22. The first-order valence-electron chi connectivity index (χ1n) is 6.12. The Morgan fingerprint density at radius 1 is 1.35 bits per heavy atom. The lowest BCUT2D eigenvalue weighted by Gasteiger charge is -2.11. The summed E-state index contributed by atoms with van der Waals surface area (Å²) in [5, 5.41) is 14.2. The van der Waals surface area contributed by atoms with Gasteiger partial charge in [0.25, 0.3) is 0 Å². The number of nitrogens with one attached hydrogen (secondary N) is 2. The average molecular weight is 344 g/mol. The number of urea groups is 1. The number of hydrogen-bond donors (Lipinski definition) is 3. The van der Waals surface area contributed by atoms with Crippen LogP contribution in [0.2, 0.25) is 0 Å². The topological polar surface area (TPSA) is 81.7 Å². The van der Waals surface area contributed by atoms with Gasteiger partial charge in [-0.25, -0.2) is 9.59 Å². The van der Waals surface area contributed by atoms with E-state index in [1.54, 1.807) is 6.07 Å². The zero-order chi connectivity index (χ0) is 15.1. The van der Waals surface area contributed by atoms with Crippen LogP contribution in [0.5, 0.6) is 0 Å². The minimum Gasteiger partial charge on any atom is -0.478 e. The molecule has 0 aromatic heterocycles. The number of carboxylic acids is 1. The number of halogens is 1. The van der Waals surface area contributed by atoms with Crippen molar-refractivity contribution < 1.29 is 14.7 Å². The first-order chi connectivity index (χ1) is 9.40. The van der Waals surface area contributed by atoms with Crippen LogP contribution in [0.25, 0.3) is 0 Å². The first kappa shape index (κ1) is 16.5. The van der Waals surface area contributed by atoms with Crippen molar-refractivity contribution in [3.8, 4) is 0 Å². The van der Waals surface area contributed by atoms with Gasteiger partial charge < -0.3 is 20.6 Å². The van der Waals surface area contributed by atoms with Gasteiger partial charge in [-0.3, -0.25) is 0 Å². The fourth-order valence-electron chi connectivity index (χ4n) is 1.52. The lowest BCUT2D eigenvalue weighted by atomic mass is 10.2. The number of carbonyl (C=O) groups excluding carboxylic acids is 1. The van der Waals surface area contributed by atoms with Crippen LogP contribution in [0.4, 0.5) is 10.5 Å². The second kappa shape index (κ2) is 7.86. The van der Waals surface area contributed by atoms with E-state index in [1.807, 2.05) is 19.0 Å². The largest absolute Gasteiger partial charge is 0.478 e. The highest BCUT2D eigenvalue weighted by atomic mass is 79.9. The number of carbonyl (C=O) groups is 2. The number of hydrogen-bond acceptors (Lipinski definition) is 3. The molecule has 7 heteroatoms. The molecule has 0 aliphatic carbocycles. The molecule has 20 heavy (non-hydrogen) atoms. The Bertz CT molecular complexity index is 492. The molecule has 6 nitrogen and oxygen atoms in total. The molecule has 0 atom stereocenters. The van der Waals surface area contributed by atoms with Crippen molar-refractivity contribution in [1.82, 2.24) is 10.2 Å². The molecule has 0 heterocycles. The zero-order valence-corrected chi connectivity index (χ0v) is 13.0. The van der Waals surface area contributed by atoms with Crippen LogP contribution in [0.1, 0.15) is 16.8 Å². The van der Waals surface area contributed by atoms with Gasteiger partial charge in [0.1, 0.15) is 0 Å². The summed E-state index contributed by atoms with van der Waals surface area (Å²) >= 11 is 3.27. The third-order valence-electron chi connectivity index (χ3n) is 2.53. The van der Waals surface area contributed by atoms with Crippen molar-refractivity contribution in [1.29, 1.82) is 0 Å². The number of aromatic carboxylic acids is 1. The van der Waals surface area contributed by atoms with Crippen LogP contribution in [0.3, 0.4) is 0 Å². The molecule has 0 unspecified atom stereocenters. The summed E-state index contributed by atoms with van der Waals surface area (Å²) in [6.07, 6.45) is 0.844. The van der Waals surface area contributed by atoms with Gasteiger partial charge in [-0.1, -0.05) is 0 Å². The molecule has 0 fully saturated rings. The van der Waals surface area contributed by atoms with Crippen molar-refractivity contribution in [3.63, 3.8) is 0 Å². The first-order valence-corrected chi connectivity index (χ1v) is 6.92. The third kappa shape index (κ3) is 5.58. The zero-order valence-electron chi connectivity index (χ0n) is 11.4. The summed E-state index contributed by atoms with van der Waals surface area (Å²) in [5.41, 5.74) is 0.547. The van der Waals surface area contributed by atoms with Crippen LogP contribution in [0, 0.1) is 0 Å². The number of rotatable bonds is 6. The second-order valence-corrected chi connectivity index (χ2v) is 5.39. The number of carboxylic acid groups (broad SMARTS) is 1. The summed E-state index contributed by atoms with van der Waals surface area (Å²) < 4.78 is 0.631. The van der Waals surface area contributed by atoms with E-state index in [9.17, 15) is 9.59 Å². The van der Waals surface area contributed by atoms with Crippen molar-refractivity contribution in [2.45, 2.75) is 6.42 Å². The SMILES string of the molecule is CN(C)CCCNC(=O)Nc1cc(C(=O)O)ccc1Br. The van der Waals surface area contributed by atoms with Crippen LogP contribution >= 0.6 is 15.9 Å². The number of amides is 2. The van der Waals surface area contributed by atoms with Crippen LogP contribution in [-0.2, 0) is 0 Å². The quantitative estimate of drug-likeness (QED) is 0.691. The molecular formula is C13H18BrN3O3. The number of benzene rings is 1. The third-order valence-corrected chi connectivity index (χ3v) is 3.22. The second-order valence-electron chi connectivity index (χ2n) is 4.54. The summed E-state index contributed by atoms with van der Waals surface area (Å²) in [6, 6.07) is 4.11. The average Bonchev–Trinajstić information content (AvgIpc) is 2.37. The molecule has 0 spiro atoms. The Hall–Kier alpha value is -1.60. The van der Waals surface area contributed by atoms with Gasteiger partial charge in [0.05, 0.1) is 11.3 Å². The lowest BCUT2D eigenvalue weighted by molar-refractivity contribution is 0.0697. The Balaban J connectivity index is 2.53. The van der Waals surface area contributed by atoms with E-state index < -0.39 is 5.97 Å². The van der Waals surface area contributed by atoms with E-state index in [-0.39, 0.29) is 11.6 Å². The molecule has 1 aromatic rings. The highest BCUT2D eigenvalue weighted by Crippen LogP contribution is 2.23. The van der Waals surface area contributed by atoms with Crippen molar-refractivity contribution >= 4 is 33.6 Å². The minimum atomic E-state index is -1.04. The highest BCUT2D eigenvalue weighted by Gasteiger charge is 2.09. The lowest BCUT2D eigenvalue weighted by Crippen LogP contribution is -2.31. The molecule has 0 aliphatic heterocycles. The van der Waals surface area contributed by atoms with Gasteiger partial charge >= 0.3 is 12.0 Å². The summed E-state index contributed by atoms with van der Waals surface area (Å²) in [5.74, 6) is -1.04. The van der Waals surface area contributed by atoms with Crippen LogP contribution in [0.15, 0.2) is 22.7 Å². The Morgan fingerprint density at radius 3 is 2.65 bits per heavy atom. The smallest absolute Gasteiger partial charge is 0.335 e.